The molecular formula is C20H19N3O3. The first kappa shape index (κ1) is 17.4. The van der Waals surface area contributed by atoms with E-state index in [0.29, 0.717) is 29.6 Å². The summed E-state index contributed by atoms with van der Waals surface area (Å²) >= 11 is 0. The van der Waals surface area contributed by atoms with Crippen LogP contribution in [0.5, 0.6) is 5.75 Å². The SMILES string of the molecule is C=CCNC(=O)COc1ccccc1-c1noc(-c2ccc(C)cc2)n1. The second-order valence-electron chi connectivity index (χ2n) is 5.67. The van der Waals surface area contributed by atoms with Crippen molar-refractivity contribution in [2.75, 3.05) is 13.2 Å². The van der Waals surface area contributed by atoms with Crippen LogP contribution in [0.1, 0.15) is 5.56 Å². The number of hydrogen-bond donors (Lipinski definition) is 1. The Morgan fingerprint density at radius 3 is 2.77 bits per heavy atom. The third-order valence-corrected chi connectivity index (χ3v) is 3.65. The fourth-order valence-corrected chi connectivity index (χ4v) is 2.30. The molecule has 3 aromatic rings. The predicted molar refractivity (Wildman–Crippen MR) is 98.6 cm³/mol. The van der Waals surface area contributed by atoms with Gasteiger partial charge in [-0.15, -0.1) is 6.58 Å². The second-order valence-corrected chi connectivity index (χ2v) is 5.67. The topological polar surface area (TPSA) is 77.2 Å². The third kappa shape index (κ3) is 4.16. The Morgan fingerprint density at radius 2 is 2.00 bits per heavy atom. The van der Waals surface area contributed by atoms with Gasteiger partial charge in [0, 0.05) is 12.1 Å². The number of rotatable bonds is 7. The monoisotopic (exact) mass is 349 g/mol. The van der Waals surface area contributed by atoms with Crippen molar-refractivity contribution in [3.8, 4) is 28.6 Å². The summed E-state index contributed by atoms with van der Waals surface area (Å²) in [7, 11) is 0. The van der Waals surface area contributed by atoms with Gasteiger partial charge >= 0.3 is 0 Å². The van der Waals surface area contributed by atoms with E-state index in [-0.39, 0.29) is 12.5 Å². The van der Waals surface area contributed by atoms with Crippen molar-refractivity contribution in [3.05, 3.63) is 66.7 Å². The molecule has 1 N–H and O–H groups in total. The number of nitrogens with zero attached hydrogens (tertiary/aromatic N) is 2. The Bertz CT molecular complexity index is 901. The standard InChI is InChI=1S/C20H19N3O3/c1-3-12-21-18(24)13-25-17-7-5-4-6-16(17)19-22-20(26-23-19)15-10-8-14(2)9-11-15/h3-11H,1,12-13H2,2H3,(H,21,24). The van der Waals surface area contributed by atoms with E-state index in [2.05, 4.69) is 22.0 Å². The fraction of sp³-hybridized carbons (Fsp3) is 0.150. The first-order valence-corrected chi connectivity index (χ1v) is 8.18. The molecule has 0 aliphatic rings. The molecule has 2 aromatic carbocycles. The van der Waals surface area contributed by atoms with Crippen molar-refractivity contribution in [2.45, 2.75) is 6.92 Å². The number of carbonyl (C=O) groups is 1. The lowest BCUT2D eigenvalue weighted by Crippen LogP contribution is -2.28. The van der Waals surface area contributed by atoms with Crippen molar-refractivity contribution < 1.29 is 14.1 Å². The number of amides is 1. The molecule has 0 aliphatic heterocycles. The van der Waals surface area contributed by atoms with Crippen molar-refractivity contribution in [1.82, 2.24) is 15.5 Å². The molecule has 0 radical (unpaired) electrons. The minimum Gasteiger partial charge on any atom is -0.483 e. The number of benzene rings is 2. The van der Waals surface area contributed by atoms with Gasteiger partial charge in [-0.25, -0.2) is 0 Å². The van der Waals surface area contributed by atoms with Crippen LogP contribution in [0.2, 0.25) is 0 Å². The number of carbonyl (C=O) groups excluding carboxylic acids is 1. The van der Waals surface area contributed by atoms with Crippen LogP contribution in [0.3, 0.4) is 0 Å². The smallest absolute Gasteiger partial charge is 0.258 e. The highest BCUT2D eigenvalue weighted by molar-refractivity contribution is 5.78. The highest BCUT2D eigenvalue weighted by Crippen LogP contribution is 2.29. The van der Waals surface area contributed by atoms with Gasteiger partial charge in [-0.3, -0.25) is 4.79 Å². The van der Waals surface area contributed by atoms with Gasteiger partial charge in [-0.2, -0.15) is 4.98 Å². The van der Waals surface area contributed by atoms with Crippen LogP contribution < -0.4 is 10.1 Å². The maximum absolute atomic E-state index is 11.7. The Balaban J connectivity index is 1.78. The molecule has 0 fully saturated rings. The highest BCUT2D eigenvalue weighted by Gasteiger charge is 2.15. The molecule has 132 valence electrons. The van der Waals surface area contributed by atoms with Crippen LogP contribution in [-0.2, 0) is 4.79 Å². The summed E-state index contributed by atoms with van der Waals surface area (Å²) < 4.78 is 11.0. The van der Waals surface area contributed by atoms with Gasteiger partial charge in [0.15, 0.2) is 6.61 Å². The predicted octanol–water partition coefficient (Wildman–Crippen LogP) is 3.39. The molecule has 26 heavy (non-hydrogen) atoms. The zero-order valence-electron chi connectivity index (χ0n) is 14.4. The maximum atomic E-state index is 11.7. The zero-order valence-corrected chi connectivity index (χ0v) is 14.4. The summed E-state index contributed by atoms with van der Waals surface area (Å²) in [4.78, 5) is 16.2. The van der Waals surface area contributed by atoms with Crippen LogP contribution in [0, 0.1) is 6.92 Å². The molecule has 1 heterocycles. The van der Waals surface area contributed by atoms with E-state index >= 15 is 0 Å². The molecule has 0 saturated carbocycles. The quantitative estimate of drug-likeness (QED) is 0.662. The van der Waals surface area contributed by atoms with Gasteiger partial charge in [0.2, 0.25) is 5.82 Å². The molecule has 0 spiro atoms. The van der Waals surface area contributed by atoms with E-state index in [1.54, 1.807) is 12.1 Å². The van der Waals surface area contributed by atoms with Gasteiger partial charge in [-0.05, 0) is 31.2 Å². The zero-order chi connectivity index (χ0) is 18.4. The van der Waals surface area contributed by atoms with E-state index in [1.165, 1.54) is 0 Å². The lowest BCUT2D eigenvalue weighted by atomic mass is 10.1. The first-order valence-electron chi connectivity index (χ1n) is 8.18. The fourth-order valence-electron chi connectivity index (χ4n) is 2.30. The molecule has 1 amide bonds. The molecule has 0 bridgehead atoms. The van der Waals surface area contributed by atoms with Crippen LogP contribution in [0.15, 0.2) is 65.7 Å². The summed E-state index contributed by atoms with van der Waals surface area (Å²) in [5, 5.41) is 6.70. The largest absolute Gasteiger partial charge is 0.483 e. The van der Waals surface area contributed by atoms with Crippen molar-refractivity contribution in [1.29, 1.82) is 0 Å². The third-order valence-electron chi connectivity index (χ3n) is 3.65. The van der Waals surface area contributed by atoms with Gasteiger partial charge in [0.1, 0.15) is 5.75 Å². The molecular weight excluding hydrogens is 330 g/mol. The van der Waals surface area contributed by atoms with E-state index in [4.69, 9.17) is 9.26 Å². The molecule has 0 unspecified atom stereocenters. The van der Waals surface area contributed by atoms with Crippen LogP contribution in [0.25, 0.3) is 22.8 Å². The lowest BCUT2D eigenvalue weighted by Gasteiger charge is -2.08. The van der Waals surface area contributed by atoms with Crippen molar-refractivity contribution in [2.24, 2.45) is 0 Å². The minimum absolute atomic E-state index is 0.104. The van der Waals surface area contributed by atoms with E-state index in [1.807, 2.05) is 49.4 Å². The average molecular weight is 349 g/mol. The average Bonchev–Trinajstić information content (AvgIpc) is 3.15. The number of aryl methyl sites for hydroxylation is 1. The summed E-state index contributed by atoms with van der Waals surface area (Å²) in [5.41, 5.74) is 2.66. The molecule has 0 aliphatic carbocycles. The highest BCUT2D eigenvalue weighted by atomic mass is 16.5. The number of ether oxygens (including phenoxy) is 1. The normalized spacial score (nSPS) is 10.3. The summed E-state index contributed by atoms with van der Waals surface area (Å²) in [6, 6.07) is 15.1. The Morgan fingerprint density at radius 1 is 1.23 bits per heavy atom. The van der Waals surface area contributed by atoms with Gasteiger partial charge in [-0.1, -0.05) is 41.1 Å². The Hall–Kier alpha value is -3.41. The van der Waals surface area contributed by atoms with Crippen LogP contribution >= 0.6 is 0 Å². The number of hydrogen-bond acceptors (Lipinski definition) is 5. The van der Waals surface area contributed by atoms with Crippen molar-refractivity contribution in [3.63, 3.8) is 0 Å². The molecule has 3 rings (SSSR count). The number of aromatic nitrogens is 2. The number of para-hydroxylation sites is 1. The molecule has 6 nitrogen and oxygen atoms in total. The molecule has 1 aromatic heterocycles. The summed E-state index contributed by atoms with van der Waals surface area (Å²) in [6.45, 7) is 5.86. The Labute approximate surface area is 151 Å². The van der Waals surface area contributed by atoms with Gasteiger partial charge < -0.3 is 14.6 Å². The minimum atomic E-state index is -0.229. The molecule has 0 saturated heterocycles. The Kier molecular flexibility index (Phi) is 5.43. The van der Waals surface area contributed by atoms with E-state index in [0.717, 1.165) is 11.1 Å². The summed E-state index contributed by atoms with van der Waals surface area (Å²) in [6.07, 6.45) is 1.61. The lowest BCUT2D eigenvalue weighted by molar-refractivity contribution is -0.122. The second kappa shape index (κ2) is 8.11. The van der Waals surface area contributed by atoms with Crippen molar-refractivity contribution >= 4 is 5.91 Å². The van der Waals surface area contributed by atoms with E-state index < -0.39 is 0 Å². The molecule has 0 atom stereocenters. The van der Waals surface area contributed by atoms with Crippen LogP contribution in [-0.4, -0.2) is 29.2 Å². The number of nitrogens with one attached hydrogen (secondary N) is 1. The van der Waals surface area contributed by atoms with Gasteiger partial charge in [0.05, 0.1) is 5.56 Å². The molecule has 6 heteroatoms. The first-order chi connectivity index (χ1) is 12.7. The van der Waals surface area contributed by atoms with E-state index in [9.17, 15) is 4.79 Å². The van der Waals surface area contributed by atoms with Crippen LogP contribution in [0.4, 0.5) is 0 Å². The summed E-state index contributed by atoms with van der Waals surface area (Å²) in [5.74, 6) is 1.12. The van der Waals surface area contributed by atoms with Gasteiger partial charge in [0.25, 0.3) is 11.8 Å². The maximum Gasteiger partial charge on any atom is 0.258 e.